The van der Waals surface area contributed by atoms with Crippen LogP contribution in [0.5, 0.6) is 0 Å². The highest BCUT2D eigenvalue weighted by atomic mass is 32.2. The van der Waals surface area contributed by atoms with Gasteiger partial charge in [-0.25, -0.2) is 0 Å². The van der Waals surface area contributed by atoms with Gasteiger partial charge in [0.1, 0.15) is 4.90 Å². The molecular formula is C18H18N4O3S. The lowest BCUT2D eigenvalue weighted by atomic mass is 10.1. The maximum absolute atomic E-state index is 12.2. The summed E-state index contributed by atoms with van der Waals surface area (Å²) in [5.74, 6) is 0.0878. The number of hydrogen-bond donors (Lipinski definition) is 1. The maximum atomic E-state index is 12.2. The minimum Gasteiger partial charge on any atom is -0.368 e. The first kappa shape index (κ1) is 16.6. The number of carbonyl (C=O) groups excluding carboxylic acids is 1. The number of nitrogens with zero attached hydrogens (tertiary/aromatic N) is 3. The molecule has 0 radical (unpaired) electrons. The highest BCUT2D eigenvalue weighted by Crippen LogP contribution is 2.28. The summed E-state index contributed by atoms with van der Waals surface area (Å²) in [6.07, 6.45) is 0. The Hall–Kier alpha value is -2.87. The van der Waals surface area contributed by atoms with E-state index in [0.717, 1.165) is 18.8 Å². The summed E-state index contributed by atoms with van der Waals surface area (Å²) in [5, 5.41) is 0. The first-order chi connectivity index (χ1) is 12.5. The molecule has 0 saturated carbocycles. The average molecular weight is 370 g/mol. The number of primary amides is 1. The predicted molar refractivity (Wildman–Crippen MR) is 98.9 cm³/mol. The molecule has 0 atom stereocenters. The van der Waals surface area contributed by atoms with Gasteiger partial charge in [0.05, 0.1) is 0 Å². The Bertz CT molecular complexity index is 991. The summed E-state index contributed by atoms with van der Waals surface area (Å²) in [6.45, 7) is 2.80. The van der Waals surface area contributed by atoms with Gasteiger partial charge in [0.15, 0.2) is 5.84 Å². The van der Waals surface area contributed by atoms with Gasteiger partial charge in [0.25, 0.3) is 10.0 Å². The minimum atomic E-state index is -3.59. The van der Waals surface area contributed by atoms with Crippen LogP contribution in [-0.2, 0) is 10.0 Å². The van der Waals surface area contributed by atoms with E-state index in [1.165, 1.54) is 0 Å². The van der Waals surface area contributed by atoms with Crippen LogP contribution < -0.4 is 10.6 Å². The molecule has 1 amide bonds. The van der Waals surface area contributed by atoms with Crippen LogP contribution in [0.2, 0.25) is 0 Å². The molecule has 26 heavy (non-hydrogen) atoms. The summed E-state index contributed by atoms with van der Waals surface area (Å²) in [6, 6.07) is 14.1. The zero-order chi connectivity index (χ0) is 18.3. The summed E-state index contributed by atoms with van der Waals surface area (Å²) < 4.78 is 28.4. The highest BCUT2D eigenvalue weighted by molar-refractivity contribution is 7.90. The zero-order valence-corrected chi connectivity index (χ0v) is 14.8. The van der Waals surface area contributed by atoms with Gasteiger partial charge < -0.3 is 15.5 Å². The zero-order valence-electron chi connectivity index (χ0n) is 14.0. The van der Waals surface area contributed by atoms with E-state index in [2.05, 4.69) is 9.30 Å². The molecule has 2 aliphatic rings. The largest absolute Gasteiger partial charge is 0.368 e. The van der Waals surface area contributed by atoms with Gasteiger partial charge in [-0.15, -0.1) is 4.40 Å². The molecule has 1 fully saturated rings. The molecule has 0 bridgehead atoms. The monoisotopic (exact) mass is 370 g/mol. The van der Waals surface area contributed by atoms with Crippen molar-refractivity contribution in [3.8, 4) is 0 Å². The summed E-state index contributed by atoms with van der Waals surface area (Å²) >= 11 is 0. The van der Waals surface area contributed by atoms with E-state index in [0.29, 0.717) is 30.1 Å². The first-order valence-electron chi connectivity index (χ1n) is 8.30. The Morgan fingerprint density at radius 1 is 0.923 bits per heavy atom. The number of piperazine rings is 1. The van der Waals surface area contributed by atoms with Crippen LogP contribution in [0.1, 0.15) is 15.9 Å². The van der Waals surface area contributed by atoms with Gasteiger partial charge in [-0.3, -0.25) is 4.79 Å². The van der Waals surface area contributed by atoms with Crippen molar-refractivity contribution in [1.82, 2.24) is 4.90 Å². The topological polar surface area (TPSA) is 96.1 Å². The number of amides is 1. The van der Waals surface area contributed by atoms with Crippen molar-refractivity contribution in [2.24, 2.45) is 10.1 Å². The molecule has 2 N–H and O–H groups in total. The van der Waals surface area contributed by atoms with Crippen LogP contribution in [0.15, 0.2) is 57.8 Å². The maximum Gasteiger partial charge on any atom is 0.285 e. The summed E-state index contributed by atoms with van der Waals surface area (Å²) in [5.41, 5.74) is 7.43. The van der Waals surface area contributed by atoms with Crippen molar-refractivity contribution in [2.75, 3.05) is 31.1 Å². The number of sulfonamides is 1. The van der Waals surface area contributed by atoms with Crippen molar-refractivity contribution < 1.29 is 13.2 Å². The van der Waals surface area contributed by atoms with Gasteiger partial charge in [0.2, 0.25) is 5.91 Å². The molecule has 2 aliphatic heterocycles. The van der Waals surface area contributed by atoms with E-state index in [4.69, 9.17) is 5.73 Å². The molecule has 134 valence electrons. The molecular weight excluding hydrogens is 352 g/mol. The molecule has 2 aromatic rings. The standard InChI is InChI=1S/C18H18N4O3S/c19-17(23)13-5-7-14(8-6-13)21-9-11-22(12-10-21)18-15-3-1-2-4-16(15)26(24,25)20-18/h1-8H,9-12H2,(H2,19,23). The number of amidine groups is 1. The summed E-state index contributed by atoms with van der Waals surface area (Å²) in [7, 11) is -3.59. The fourth-order valence-corrected chi connectivity index (χ4v) is 4.56. The molecule has 0 aliphatic carbocycles. The number of benzene rings is 2. The second kappa shape index (κ2) is 6.14. The van der Waals surface area contributed by atoms with Crippen LogP contribution in [0.25, 0.3) is 0 Å². The highest BCUT2D eigenvalue weighted by Gasteiger charge is 2.32. The van der Waals surface area contributed by atoms with Crippen molar-refractivity contribution in [2.45, 2.75) is 4.90 Å². The molecule has 0 spiro atoms. The lowest BCUT2D eigenvalue weighted by molar-refractivity contribution is 0.100. The van der Waals surface area contributed by atoms with Gasteiger partial charge in [-0.1, -0.05) is 12.1 Å². The molecule has 4 rings (SSSR count). The van der Waals surface area contributed by atoms with E-state index in [1.54, 1.807) is 30.3 Å². The van der Waals surface area contributed by atoms with E-state index in [9.17, 15) is 13.2 Å². The third-order valence-corrected chi connectivity index (χ3v) is 6.03. The van der Waals surface area contributed by atoms with Crippen LogP contribution in [0, 0.1) is 0 Å². The number of hydrogen-bond acceptors (Lipinski definition) is 5. The number of carbonyl (C=O) groups is 1. The Kier molecular flexibility index (Phi) is 3.91. The number of anilines is 1. The Morgan fingerprint density at radius 3 is 2.19 bits per heavy atom. The van der Waals surface area contributed by atoms with Crippen molar-refractivity contribution in [3.05, 3.63) is 59.7 Å². The number of nitrogens with two attached hydrogens (primary N) is 1. The molecule has 2 aromatic carbocycles. The first-order valence-corrected chi connectivity index (χ1v) is 9.74. The quantitative estimate of drug-likeness (QED) is 0.853. The smallest absolute Gasteiger partial charge is 0.285 e. The predicted octanol–water partition coefficient (Wildman–Crippen LogP) is 1.06. The summed E-state index contributed by atoms with van der Waals surface area (Å²) in [4.78, 5) is 15.7. The van der Waals surface area contributed by atoms with Crippen molar-refractivity contribution in [1.29, 1.82) is 0 Å². The van der Waals surface area contributed by atoms with Crippen LogP contribution >= 0.6 is 0 Å². The van der Waals surface area contributed by atoms with Crippen LogP contribution in [-0.4, -0.2) is 51.2 Å². The van der Waals surface area contributed by atoms with Gasteiger partial charge in [-0.05, 0) is 36.4 Å². The minimum absolute atomic E-state index is 0.277. The van der Waals surface area contributed by atoms with E-state index in [1.807, 2.05) is 23.1 Å². The van der Waals surface area contributed by atoms with Crippen molar-refractivity contribution >= 4 is 27.5 Å². The van der Waals surface area contributed by atoms with E-state index >= 15 is 0 Å². The van der Waals surface area contributed by atoms with Crippen molar-refractivity contribution in [3.63, 3.8) is 0 Å². The molecule has 0 unspecified atom stereocenters. The lowest BCUT2D eigenvalue weighted by Crippen LogP contribution is -2.48. The van der Waals surface area contributed by atoms with E-state index in [-0.39, 0.29) is 4.90 Å². The third-order valence-electron chi connectivity index (χ3n) is 4.71. The number of rotatable bonds is 2. The third kappa shape index (κ3) is 2.82. The lowest BCUT2D eigenvalue weighted by Gasteiger charge is -2.37. The van der Waals surface area contributed by atoms with Gasteiger partial charge in [-0.2, -0.15) is 8.42 Å². The average Bonchev–Trinajstić information content (AvgIpc) is 2.94. The van der Waals surface area contributed by atoms with Crippen LogP contribution in [0.4, 0.5) is 5.69 Å². The fourth-order valence-electron chi connectivity index (χ4n) is 3.33. The second-order valence-electron chi connectivity index (χ2n) is 6.27. The Morgan fingerprint density at radius 2 is 1.54 bits per heavy atom. The van der Waals surface area contributed by atoms with Crippen LogP contribution in [0.3, 0.4) is 0 Å². The van der Waals surface area contributed by atoms with E-state index < -0.39 is 15.9 Å². The fraction of sp³-hybridized carbons (Fsp3) is 0.222. The molecule has 7 nitrogen and oxygen atoms in total. The van der Waals surface area contributed by atoms with Gasteiger partial charge >= 0.3 is 0 Å². The Labute approximate surface area is 151 Å². The normalized spacial score (nSPS) is 18.4. The molecule has 1 saturated heterocycles. The number of fused-ring (bicyclic) bond motifs is 1. The molecule has 0 aromatic heterocycles. The SMILES string of the molecule is NC(=O)c1ccc(N2CCN(C3=NS(=O)(=O)c4ccccc43)CC2)cc1. The Balaban J connectivity index is 1.50. The molecule has 8 heteroatoms. The molecule has 2 heterocycles. The second-order valence-corrected chi connectivity index (χ2v) is 7.84. The van der Waals surface area contributed by atoms with Gasteiger partial charge in [0, 0.05) is 43.0 Å².